The van der Waals surface area contributed by atoms with E-state index in [1.165, 1.54) is 0 Å². The first-order valence-corrected chi connectivity index (χ1v) is 6.94. The van der Waals surface area contributed by atoms with Crippen molar-refractivity contribution in [3.8, 4) is 0 Å². The Morgan fingerprint density at radius 2 is 1.50 bits per heavy atom. The summed E-state index contributed by atoms with van der Waals surface area (Å²) in [5.74, 6) is -3.13. The number of ether oxygens (including phenoxy) is 2. The molecule has 0 aliphatic heterocycles. The molecule has 0 bridgehead atoms. The summed E-state index contributed by atoms with van der Waals surface area (Å²) >= 11 is 0. The number of carbonyl (C=O) groups is 2. The lowest BCUT2D eigenvalue weighted by molar-refractivity contribution is -0.167. The molecule has 0 saturated heterocycles. The maximum Gasteiger partial charge on any atom is 0.428 e. The van der Waals surface area contributed by atoms with E-state index < -0.39 is 45.9 Å². The highest BCUT2D eigenvalue weighted by Crippen LogP contribution is 2.23. The van der Waals surface area contributed by atoms with Gasteiger partial charge in [0.15, 0.2) is 10.1 Å². The average Bonchev–Trinajstić information content (AvgIpc) is 2.32. The lowest BCUT2D eigenvalue weighted by Gasteiger charge is -2.21. The fourth-order valence-corrected chi connectivity index (χ4v) is 1.06. The molecule has 0 aliphatic carbocycles. The van der Waals surface area contributed by atoms with Crippen LogP contribution in [0.15, 0.2) is 0 Å². The largest absolute Gasteiger partial charge is 0.743 e. The van der Waals surface area contributed by atoms with E-state index in [0.29, 0.717) is 6.42 Å². The van der Waals surface area contributed by atoms with E-state index in [4.69, 9.17) is 0 Å². The van der Waals surface area contributed by atoms with Crippen LogP contribution in [0.3, 0.4) is 0 Å². The zero-order chi connectivity index (χ0) is 16.2. The molecule has 0 spiro atoms. The number of carbonyl (C=O) groups excluding carboxylic acids is 2. The summed E-state index contributed by atoms with van der Waals surface area (Å²) in [5, 5.41) is -5.17. The Kier molecular flexibility index (Phi) is 6.02. The van der Waals surface area contributed by atoms with Crippen LogP contribution in [-0.4, -0.2) is 43.4 Å². The van der Waals surface area contributed by atoms with E-state index in [1.807, 2.05) is 0 Å². The Morgan fingerprint density at radius 3 is 1.85 bits per heavy atom. The summed E-state index contributed by atoms with van der Waals surface area (Å²) in [6.07, 6.45) is 0.470. The zero-order valence-electron chi connectivity index (χ0n) is 11.1. The monoisotopic (exact) mass is 317 g/mol. The van der Waals surface area contributed by atoms with Crippen molar-refractivity contribution in [2.75, 3.05) is 13.2 Å². The summed E-state index contributed by atoms with van der Waals surface area (Å²) < 4.78 is 64.2. The highest BCUT2D eigenvalue weighted by atomic mass is 32.2. The molecule has 0 radical (unpaired) electrons. The minimum absolute atomic E-state index is 0.470. The van der Waals surface area contributed by atoms with Crippen molar-refractivity contribution in [1.29, 1.82) is 0 Å². The van der Waals surface area contributed by atoms with Gasteiger partial charge in [-0.15, -0.1) is 0 Å². The maximum absolute atomic E-state index is 12.7. The minimum atomic E-state index is -6.15. The van der Waals surface area contributed by atoms with Gasteiger partial charge in [0.2, 0.25) is 0 Å². The smallest absolute Gasteiger partial charge is 0.428 e. The molecule has 0 heterocycles. The Labute approximate surface area is 115 Å². The van der Waals surface area contributed by atoms with Crippen molar-refractivity contribution in [3.63, 3.8) is 0 Å². The summed E-state index contributed by atoms with van der Waals surface area (Å²) in [6, 6.07) is 0. The van der Waals surface area contributed by atoms with E-state index >= 15 is 0 Å². The van der Waals surface area contributed by atoms with Crippen LogP contribution in [0.5, 0.6) is 0 Å². The summed E-state index contributed by atoms with van der Waals surface area (Å²) in [4.78, 5) is 22.2. The van der Waals surface area contributed by atoms with Gasteiger partial charge in [0.25, 0.3) is 0 Å². The SMILES string of the molecule is CCC(C)(C)C(=O)OCCOC(=O)C(F)(F)S(=O)(=O)[O-]. The Bertz CT molecular complexity index is 470. The first-order chi connectivity index (χ1) is 8.86. The second-order valence-electron chi connectivity index (χ2n) is 4.48. The number of rotatable bonds is 7. The maximum atomic E-state index is 12.7. The number of hydrogen-bond donors (Lipinski definition) is 0. The molecule has 0 unspecified atom stereocenters. The van der Waals surface area contributed by atoms with Crippen LogP contribution in [0.1, 0.15) is 27.2 Å². The highest BCUT2D eigenvalue weighted by Gasteiger charge is 2.48. The van der Waals surface area contributed by atoms with Gasteiger partial charge >= 0.3 is 17.2 Å². The van der Waals surface area contributed by atoms with Gasteiger partial charge in [-0.25, -0.2) is 13.2 Å². The predicted octanol–water partition coefficient (Wildman–Crippen LogP) is 0.647. The molecule has 0 aromatic carbocycles. The number of halogens is 2. The first-order valence-electron chi connectivity index (χ1n) is 5.54. The predicted molar refractivity (Wildman–Crippen MR) is 60.6 cm³/mol. The standard InChI is InChI=1S/C10H16F2O7S/c1-4-9(2,3)7(13)18-5-6-19-8(14)10(11,12)20(15,16)17/h4-6H2,1-3H3,(H,15,16,17)/p-1. The van der Waals surface area contributed by atoms with Crippen molar-refractivity contribution in [1.82, 2.24) is 0 Å². The fraction of sp³-hybridized carbons (Fsp3) is 0.800. The van der Waals surface area contributed by atoms with E-state index in [1.54, 1.807) is 20.8 Å². The highest BCUT2D eigenvalue weighted by molar-refractivity contribution is 7.87. The molecule has 0 amide bonds. The van der Waals surface area contributed by atoms with Gasteiger partial charge in [-0.05, 0) is 20.3 Å². The molecular weight excluding hydrogens is 302 g/mol. The summed E-state index contributed by atoms with van der Waals surface area (Å²) in [7, 11) is -6.15. The molecule has 0 aromatic rings. The molecule has 0 saturated carbocycles. The molecule has 118 valence electrons. The van der Waals surface area contributed by atoms with E-state index in [0.717, 1.165) is 0 Å². The Hall–Kier alpha value is -1.29. The third-order valence-corrected chi connectivity index (χ3v) is 3.33. The van der Waals surface area contributed by atoms with Gasteiger partial charge < -0.3 is 14.0 Å². The van der Waals surface area contributed by atoms with Crippen LogP contribution < -0.4 is 0 Å². The second-order valence-corrected chi connectivity index (χ2v) is 5.90. The average molecular weight is 317 g/mol. The van der Waals surface area contributed by atoms with Crippen molar-refractivity contribution in [2.45, 2.75) is 32.4 Å². The van der Waals surface area contributed by atoms with Crippen LogP contribution in [-0.2, 0) is 29.2 Å². The lowest BCUT2D eigenvalue weighted by atomic mass is 9.91. The Morgan fingerprint density at radius 1 is 1.10 bits per heavy atom. The van der Waals surface area contributed by atoms with Crippen molar-refractivity contribution < 1.29 is 40.8 Å². The van der Waals surface area contributed by atoms with Crippen LogP contribution in [0.2, 0.25) is 0 Å². The van der Waals surface area contributed by atoms with Gasteiger partial charge in [0.1, 0.15) is 13.2 Å². The third-order valence-electron chi connectivity index (χ3n) is 2.54. The van der Waals surface area contributed by atoms with Crippen molar-refractivity contribution in [3.05, 3.63) is 0 Å². The van der Waals surface area contributed by atoms with Gasteiger partial charge in [-0.1, -0.05) is 6.92 Å². The molecular formula is C10H15F2O7S-. The van der Waals surface area contributed by atoms with Gasteiger partial charge in [-0.2, -0.15) is 8.78 Å². The van der Waals surface area contributed by atoms with E-state index in [2.05, 4.69) is 9.47 Å². The summed E-state index contributed by atoms with van der Waals surface area (Å²) in [5.41, 5.74) is -0.785. The van der Waals surface area contributed by atoms with E-state index in [-0.39, 0.29) is 0 Å². The Balaban J connectivity index is 4.29. The first kappa shape index (κ1) is 18.7. The molecule has 10 heteroatoms. The summed E-state index contributed by atoms with van der Waals surface area (Å²) in [6.45, 7) is 3.62. The zero-order valence-corrected chi connectivity index (χ0v) is 12.0. The topological polar surface area (TPSA) is 110 Å². The molecule has 7 nitrogen and oxygen atoms in total. The van der Waals surface area contributed by atoms with E-state index in [9.17, 15) is 31.3 Å². The second kappa shape index (κ2) is 6.44. The quantitative estimate of drug-likeness (QED) is 0.385. The number of hydrogen-bond acceptors (Lipinski definition) is 7. The molecule has 0 fully saturated rings. The van der Waals surface area contributed by atoms with Gasteiger partial charge in [0, 0.05) is 0 Å². The van der Waals surface area contributed by atoms with Crippen LogP contribution in [0.4, 0.5) is 8.78 Å². The number of esters is 2. The molecule has 0 atom stereocenters. The molecule has 0 rings (SSSR count). The fourth-order valence-electron chi connectivity index (χ4n) is 0.795. The number of alkyl halides is 2. The lowest BCUT2D eigenvalue weighted by Crippen LogP contribution is -2.39. The molecule has 20 heavy (non-hydrogen) atoms. The normalized spacial score (nSPS) is 12.9. The van der Waals surface area contributed by atoms with Crippen LogP contribution in [0.25, 0.3) is 0 Å². The third kappa shape index (κ3) is 4.67. The van der Waals surface area contributed by atoms with Gasteiger partial charge in [0.05, 0.1) is 5.41 Å². The van der Waals surface area contributed by atoms with Crippen LogP contribution >= 0.6 is 0 Å². The minimum Gasteiger partial charge on any atom is -0.743 e. The van der Waals surface area contributed by atoms with Crippen molar-refractivity contribution >= 4 is 22.1 Å². The van der Waals surface area contributed by atoms with Gasteiger partial charge in [-0.3, -0.25) is 4.79 Å². The molecule has 0 aliphatic rings. The molecule has 0 N–H and O–H groups in total. The molecule has 0 aromatic heterocycles. The van der Waals surface area contributed by atoms with Crippen LogP contribution in [0, 0.1) is 5.41 Å². The van der Waals surface area contributed by atoms with Crippen molar-refractivity contribution in [2.24, 2.45) is 5.41 Å².